The van der Waals surface area contributed by atoms with Gasteiger partial charge in [0.05, 0.1) is 6.42 Å². The van der Waals surface area contributed by atoms with Gasteiger partial charge in [-0.1, -0.05) is 26.0 Å². The van der Waals surface area contributed by atoms with Gasteiger partial charge in [0, 0.05) is 0 Å². The fraction of sp³-hybridized carbons (Fsp3) is 0.611. The highest BCUT2D eigenvalue weighted by Gasteiger charge is 2.23. The summed E-state index contributed by atoms with van der Waals surface area (Å²) in [5, 5.41) is 0. The lowest BCUT2D eigenvalue weighted by Crippen LogP contribution is -2.25. The van der Waals surface area contributed by atoms with Gasteiger partial charge in [-0.15, -0.1) is 0 Å². The Bertz CT molecular complexity index is 507. The number of rotatable bonds is 3. The van der Waals surface area contributed by atoms with Crippen LogP contribution < -0.4 is 0 Å². The van der Waals surface area contributed by atoms with Gasteiger partial charge >= 0.3 is 5.97 Å². The number of fused-ring (bicyclic) bond motifs is 1. The second-order valence-electron chi connectivity index (χ2n) is 7.04. The standard InChI is InChI=1S/C18H26O2/c1-12(2)14-10-9-13-7-6-8-15(13)16(14)11-17(19)20-18(3,4)5/h9-10,12H,6-8,11H2,1-5H3. The molecular weight excluding hydrogens is 248 g/mol. The van der Waals surface area contributed by atoms with Crippen molar-refractivity contribution in [3.8, 4) is 0 Å². The minimum absolute atomic E-state index is 0.111. The largest absolute Gasteiger partial charge is 0.460 e. The fourth-order valence-electron chi connectivity index (χ4n) is 3.03. The van der Waals surface area contributed by atoms with Gasteiger partial charge < -0.3 is 4.74 Å². The van der Waals surface area contributed by atoms with Crippen molar-refractivity contribution in [1.82, 2.24) is 0 Å². The lowest BCUT2D eigenvalue weighted by Gasteiger charge is -2.22. The van der Waals surface area contributed by atoms with Crippen LogP contribution in [0, 0.1) is 0 Å². The van der Waals surface area contributed by atoms with Gasteiger partial charge in [0.25, 0.3) is 0 Å². The lowest BCUT2D eigenvalue weighted by molar-refractivity contribution is -0.153. The third kappa shape index (κ3) is 3.41. The van der Waals surface area contributed by atoms with Crippen LogP contribution in [0.2, 0.25) is 0 Å². The first-order valence-corrected chi connectivity index (χ1v) is 7.63. The summed E-state index contributed by atoms with van der Waals surface area (Å²) >= 11 is 0. The van der Waals surface area contributed by atoms with Crippen LogP contribution in [-0.4, -0.2) is 11.6 Å². The molecule has 0 aromatic heterocycles. The van der Waals surface area contributed by atoms with Crippen LogP contribution in [0.5, 0.6) is 0 Å². The van der Waals surface area contributed by atoms with Crippen molar-refractivity contribution in [2.45, 2.75) is 71.8 Å². The summed E-state index contributed by atoms with van der Waals surface area (Å²) < 4.78 is 5.50. The molecule has 1 aliphatic rings. The van der Waals surface area contributed by atoms with Gasteiger partial charge in [0.2, 0.25) is 0 Å². The fourth-order valence-corrected chi connectivity index (χ4v) is 3.03. The van der Waals surface area contributed by atoms with E-state index in [4.69, 9.17) is 4.74 Å². The van der Waals surface area contributed by atoms with E-state index in [1.807, 2.05) is 20.8 Å². The zero-order valence-corrected chi connectivity index (χ0v) is 13.4. The molecule has 1 aliphatic carbocycles. The van der Waals surface area contributed by atoms with Gasteiger partial charge in [-0.3, -0.25) is 4.79 Å². The van der Waals surface area contributed by atoms with Crippen LogP contribution in [-0.2, 0) is 28.8 Å². The van der Waals surface area contributed by atoms with Crippen LogP contribution in [0.3, 0.4) is 0 Å². The molecule has 0 amide bonds. The third-order valence-corrected chi connectivity index (χ3v) is 3.80. The molecule has 110 valence electrons. The van der Waals surface area contributed by atoms with Crippen molar-refractivity contribution in [1.29, 1.82) is 0 Å². The molecule has 20 heavy (non-hydrogen) atoms. The molecule has 0 aliphatic heterocycles. The molecular formula is C18H26O2. The number of hydrogen-bond acceptors (Lipinski definition) is 2. The number of benzene rings is 1. The maximum Gasteiger partial charge on any atom is 0.310 e. The van der Waals surface area contributed by atoms with Gasteiger partial charge in [0.15, 0.2) is 0 Å². The van der Waals surface area contributed by atoms with Gasteiger partial charge in [-0.05, 0) is 68.2 Å². The zero-order chi connectivity index (χ0) is 14.9. The first-order valence-electron chi connectivity index (χ1n) is 7.63. The monoisotopic (exact) mass is 274 g/mol. The number of carbonyl (C=O) groups excluding carboxylic acids is 1. The Morgan fingerprint density at radius 2 is 1.95 bits per heavy atom. The Kier molecular flexibility index (Phi) is 4.22. The second-order valence-corrected chi connectivity index (χ2v) is 7.04. The molecule has 0 bridgehead atoms. The van der Waals surface area contributed by atoms with Crippen molar-refractivity contribution in [2.75, 3.05) is 0 Å². The first kappa shape index (κ1) is 15.1. The van der Waals surface area contributed by atoms with E-state index in [1.165, 1.54) is 28.7 Å². The van der Waals surface area contributed by atoms with Crippen molar-refractivity contribution in [3.05, 3.63) is 34.4 Å². The number of ether oxygens (including phenoxy) is 1. The molecule has 1 aromatic carbocycles. The average molecular weight is 274 g/mol. The summed E-state index contributed by atoms with van der Waals surface area (Å²) in [6.07, 6.45) is 3.87. The Balaban J connectivity index is 2.30. The summed E-state index contributed by atoms with van der Waals surface area (Å²) in [4.78, 5) is 12.2. The van der Waals surface area contributed by atoms with Crippen molar-refractivity contribution < 1.29 is 9.53 Å². The molecule has 0 radical (unpaired) electrons. The van der Waals surface area contributed by atoms with Crippen molar-refractivity contribution in [3.63, 3.8) is 0 Å². The topological polar surface area (TPSA) is 26.3 Å². The highest BCUT2D eigenvalue weighted by molar-refractivity contribution is 5.74. The normalized spacial score (nSPS) is 14.5. The van der Waals surface area contributed by atoms with E-state index in [2.05, 4.69) is 26.0 Å². The SMILES string of the molecule is CC(C)c1ccc2c(c1CC(=O)OC(C)(C)C)CCC2. The number of aryl methyl sites for hydroxylation is 1. The van der Waals surface area contributed by atoms with E-state index in [0.29, 0.717) is 12.3 Å². The lowest BCUT2D eigenvalue weighted by atomic mass is 9.89. The Morgan fingerprint density at radius 3 is 2.55 bits per heavy atom. The predicted molar refractivity (Wildman–Crippen MR) is 82.1 cm³/mol. The van der Waals surface area contributed by atoms with Crippen LogP contribution in [0.4, 0.5) is 0 Å². The summed E-state index contributed by atoms with van der Waals surface area (Å²) in [7, 11) is 0. The molecule has 2 rings (SSSR count). The summed E-state index contributed by atoms with van der Waals surface area (Å²) in [5.41, 5.74) is 4.95. The van der Waals surface area contributed by atoms with Crippen molar-refractivity contribution in [2.24, 2.45) is 0 Å². The number of esters is 1. The Labute approximate surface area is 122 Å². The van der Waals surface area contributed by atoms with Gasteiger partial charge in [-0.2, -0.15) is 0 Å². The third-order valence-electron chi connectivity index (χ3n) is 3.80. The smallest absolute Gasteiger partial charge is 0.310 e. The van der Waals surface area contributed by atoms with Crippen LogP contribution >= 0.6 is 0 Å². The number of carbonyl (C=O) groups is 1. The van der Waals surface area contributed by atoms with Crippen LogP contribution in [0.1, 0.15) is 69.2 Å². The number of hydrogen-bond donors (Lipinski definition) is 0. The van der Waals surface area contributed by atoms with Crippen LogP contribution in [0.15, 0.2) is 12.1 Å². The molecule has 0 unspecified atom stereocenters. The van der Waals surface area contributed by atoms with Crippen LogP contribution in [0.25, 0.3) is 0 Å². The summed E-state index contributed by atoms with van der Waals surface area (Å²) in [5.74, 6) is 0.332. The van der Waals surface area contributed by atoms with E-state index in [-0.39, 0.29) is 5.97 Å². The van der Waals surface area contributed by atoms with E-state index >= 15 is 0 Å². The Morgan fingerprint density at radius 1 is 1.25 bits per heavy atom. The molecule has 0 atom stereocenters. The molecule has 0 saturated heterocycles. The van der Waals surface area contributed by atoms with E-state index < -0.39 is 5.60 Å². The summed E-state index contributed by atoms with van der Waals surface area (Å²) in [6, 6.07) is 4.45. The molecule has 2 nitrogen and oxygen atoms in total. The van der Waals surface area contributed by atoms with E-state index in [1.54, 1.807) is 0 Å². The minimum atomic E-state index is -0.410. The highest BCUT2D eigenvalue weighted by atomic mass is 16.6. The molecule has 0 heterocycles. The zero-order valence-electron chi connectivity index (χ0n) is 13.4. The maximum absolute atomic E-state index is 12.2. The highest BCUT2D eigenvalue weighted by Crippen LogP contribution is 2.32. The maximum atomic E-state index is 12.2. The van der Waals surface area contributed by atoms with E-state index in [9.17, 15) is 4.79 Å². The average Bonchev–Trinajstić information content (AvgIpc) is 2.74. The first-order chi connectivity index (χ1) is 9.28. The van der Waals surface area contributed by atoms with Crippen molar-refractivity contribution >= 4 is 5.97 Å². The summed E-state index contributed by atoms with van der Waals surface area (Å²) in [6.45, 7) is 10.1. The molecule has 0 spiro atoms. The second kappa shape index (κ2) is 5.59. The quantitative estimate of drug-likeness (QED) is 0.773. The van der Waals surface area contributed by atoms with Gasteiger partial charge in [-0.25, -0.2) is 0 Å². The molecule has 2 heteroatoms. The minimum Gasteiger partial charge on any atom is -0.460 e. The molecule has 0 saturated carbocycles. The molecule has 0 N–H and O–H groups in total. The molecule has 0 fully saturated rings. The van der Waals surface area contributed by atoms with E-state index in [0.717, 1.165) is 12.8 Å². The molecule has 1 aromatic rings. The Hall–Kier alpha value is -1.31. The predicted octanol–water partition coefficient (Wildman–Crippen LogP) is 4.18. The van der Waals surface area contributed by atoms with Gasteiger partial charge in [0.1, 0.15) is 5.60 Å².